The number of aromatic nitrogens is 2. The van der Waals surface area contributed by atoms with Gasteiger partial charge in [0.15, 0.2) is 0 Å². The number of likely N-dealkylation sites (N-methyl/N-ethyl adjacent to an activating group) is 1. The standard InChI is InChI=1S/C13H15N3O2/c1-9-5-4-6-10-12(9)14-8-16(13(10)18)7-11(17)15(2)3/h4-6,8H,7H2,1-3H3. The summed E-state index contributed by atoms with van der Waals surface area (Å²) in [5.41, 5.74) is 1.46. The van der Waals surface area contributed by atoms with Gasteiger partial charge in [0.05, 0.1) is 17.2 Å². The normalized spacial score (nSPS) is 10.6. The van der Waals surface area contributed by atoms with Crippen LogP contribution in [-0.2, 0) is 11.3 Å². The molecule has 0 radical (unpaired) electrons. The Morgan fingerprint density at radius 3 is 2.78 bits per heavy atom. The van der Waals surface area contributed by atoms with E-state index in [9.17, 15) is 9.59 Å². The van der Waals surface area contributed by atoms with Crippen molar-refractivity contribution in [2.24, 2.45) is 0 Å². The zero-order valence-corrected chi connectivity index (χ0v) is 10.7. The van der Waals surface area contributed by atoms with E-state index in [1.165, 1.54) is 15.8 Å². The number of para-hydroxylation sites is 1. The molecule has 5 nitrogen and oxygen atoms in total. The lowest BCUT2D eigenvalue weighted by molar-refractivity contribution is -0.129. The van der Waals surface area contributed by atoms with Crippen LogP contribution < -0.4 is 5.56 Å². The second kappa shape index (κ2) is 4.60. The van der Waals surface area contributed by atoms with Crippen molar-refractivity contribution in [1.29, 1.82) is 0 Å². The van der Waals surface area contributed by atoms with Gasteiger partial charge in [0.1, 0.15) is 6.54 Å². The summed E-state index contributed by atoms with van der Waals surface area (Å²) >= 11 is 0. The van der Waals surface area contributed by atoms with Crippen LogP contribution in [0.4, 0.5) is 0 Å². The van der Waals surface area contributed by atoms with Crippen LogP contribution in [0.2, 0.25) is 0 Å². The summed E-state index contributed by atoms with van der Waals surface area (Å²) in [6.07, 6.45) is 1.43. The lowest BCUT2D eigenvalue weighted by Gasteiger charge is -2.12. The number of carbonyl (C=O) groups is 1. The fourth-order valence-electron chi connectivity index (χ4n) is 1.74. The van der Waals surface area contributed by atoms with Gasteiger partial charge in [0.2, 0.25) is 5.91 Å². The molecule has 94 valence electrons. The van der Waals surface area contributed by atoms with E-state index in [4.69, 9.17) is 0 Å². The van der Waals surface area contributed by atoms with E-state index in [1.807, 2.05) is 19.1 Å². The highest BCUT2D eigenvalue weighted by atomic mass is 16.2. The topological polar surface area (TPSA) is 55.2 Å². The van der Waals surface area contributed by atoms with Crippen LogP contribution in [0.1, 0.15) is 5.56 Å². The maximum Gasteiger partial charge on any atom is 0.261 e. The number of aryl methyl sites for hydroxylation is 1. The summed E-state index contributed by atoms with van der Waals surface area (Å²) < 4.78 is 1.34. The summed E-state index contributed by atoms with van der Waals surface area (Å²) in [5, 5.41) is 0.545. The molecule has 0 spiro atoms. The number of nitrogens with zero attached hydrogens (tertiary/aromatic N) is 3. The summed E-state index contributed by atoms with van der Waals surface area (Å²) in [6, 6.07) is 5.46. The highest BCUT2D eigenvalue weighted by Crippen LogP contribution is 2.11. The first-order valence-electron chi connectivity index (χ1n) is 5.65. The van der Waals surface area contributed by atoms with Gasteiger partial charge in [-0.25, -0.2) is 4.98 Å². The van der Waals surface area contributed by atoms with Gasteiger partial charge in [-0.15, -0.1) is 0 Å². The smallest absolute Gasteiger partial charge is 0.261 e. The van der Waals surface area contributed by atoms with Crippen LogP contribution in [0.3, 0.4) is 0 Å². The van der Waals surface area contributed by atoms with Gasteiger partial charge in [-0.05, 0) is 18.6 Å². The van der Waals surface area contributed by atoms with Gasteiger partial charge in [0.25, 0.3) is 5.56 Å². The Balaban J connectivity index is 2.53. The Hall–Kier alpha value is -2.17. The molecule has 0 unspecified atom stereocenters. The first-order valence-corrected chi connectivity index (χ1v) is 5.65. The number of rotatable bonds is 2. The van der Waals surface area contributed by atoms with E-state index in [-0.39, 0.29) is 18.0 Å². The molecular weight excluding hydrogens is 230 g/mol. The predicted octanol–water partition coefficient (Wildman–Crippen LogP) is 0.793. The van der Waals surface area contributed by atoms with Crippen LogP contribution in [0.15, 0.2) is 29.3 Å². The first kappa shape index (κ1) is 12.3. The van der Waals surface area contributed by atoms with E-state index >= 15 is 0 Å². The number of benzene rings is 1. The largest absolute Gasteiger partial charge is 0.347 e. The Kier molecular flexibility index (Phi) is 3.14. The van der Waals surface area contributed by atoms with E-state index < -0.39 is 0 Å². The lowest BCUT2D eigenvalue weighted by atomic mass is 10.1. The van der Waals surface area contributed by atoms with Crippen molar-refractivity contribution in [2.45, 2.75) is 13.5 Å². The van der Waals surface area contributed by atoms with E-state index in [1.54, 1.807) is 20.2 Å². The zero-order valence-electron chi connectivity index (χ0n) is 10.7. The Labute approximate surface area is 105 Å². The third-order valence-corrected chi connectivity index (χ3v) is 2.86. The summed E-state index contributed by atoms with van der Waals surface area (Å²) in [5.74, 6) is -0.133. The van der Waals surface area contributed by atoms with Crippen molar-refractivity contribution in [3.63, 3.8) is 0 Å². The first-order chi connectivity index (χ1) is 8.50. The molecular formula is C13H15N3O2. The molecule has 18 heavy (non-hydrogen) atoms. The van der Waals surface area contributed by atoms with Gasteiger partial charge < -0.3 is 4.90 Å². The molecule has 0 fully saturated rings. The summed E-state index contributed by atoms with van der Waals surface area (Å²) in [7, 11) is 3.32. The molecule has 0 atom stereocenters. The number of carbonyl (C=O) groups excluding carboxylic acids is 1. The molecule has 0 bridgehead atoms. The average Bonchev–Trinajstić information content (AvgIpc) is 2.33. The molecule has 1 aromatic carbocycles. The van der Waals surface area contributed by atoms with E-state index in [0.717, 1.165) is 5.56 Å². The van der Waals surface area contributed by atoms with Crippen molar-refractivity contribution in [2.75, 3.05) is 14.1 Å². The number of amides is 1. The monoisotopic (exact) mass is 245 g/mol. The molecule has 0 saturated carbocycles. The molecule has 0 saturated heterocycles. The van der Waals surface area contributed by atoms with E-state index in [2.05, 4.69) is 4.98 Å². The summed E-state index contributed by atoms with van der Waals surface area (Å²) in [6.45, 7) is 1.92. The molecule has 0 aliphatic heterocycles. The van der Waals surface area contributed by atoms with Crippen molar-refractivity contribution in [3.05, 3.63) is 40.4 Å². The molecule has 0 N–H and O–H groups in total. The fraction of sp³-hybridized carbons (Fsp3) is 0.308. The zero-order chi connectivity index (χ0) is 13.3. The van der Waals surface area contributed by atoms with Crippen LogP contribution in [0, 0.1) is 6.92 Å². The molecule has 5 heteroatoms. The number of hydrogen-bond acceptors (Lipinski definition) is 3. The van der Waals surface area contributed by atoms with Gasteiger partial charge in [-0.1, -0.05) is 12.1 Å². The van der Waals surface area contributed by atoms with Crippen molar-refractivity contribution < 1.29 is 4.79 Å². The Morgan fingerprint density at radius 2 is 2.11 bits per heavy atom. The van der Waals surface area contributed by atoms with E-state index in [0.29, 0.717) is 10.9 Å². The third kappa shape index (κ3) is 2.11. The quantitative estimate of drug-likeness (QED) is 0.786. The number of fused-ring (bicyclic) bond motifs is 1. The minimum Gasteiger partial charge on any atom is -0.347 e. The average molecular weight is 245 g/mol. The summed E-state index contributed by atoms with van der Waals surface area (Å²) in [4.78, 5) is 29.5. The molecule has 0 aliphatic carbocycles. The lowest BCUT2D eigenvalue weighted by Crippen LogP contribution is -2.31. The SMILES string of the molecule is Cc1cccc2c(=O)n(CC(=O)N(C)C)cnc12. The fourth-order valence-corrected chi connectivity index (χ4v) is 1.74. The minimum absolute atomic E-state index is 0.0166. The van der Waals surface area contributed by atoms with Gasteiger partial charge in [0, 0.05) is 14.1 Å². The molecule has 2 aromatic rings. The molecule has 0 aliphatic rings. The molecule has 2 rings (SSSR count). The third-order valence-electron chi connectivity index (χ3n) is 2.86. The van der Waals surface area contributed by atoms with Crippen LogP contribution >= 0.6 is 0 Å². The van der Waals surface area contributed by atoms with Crippen LogP contribution in [0.5, 0.6) is 0 Å². The van der Waals surface area contributed by atoms with Gasteiger partial charge in [-0.2, -0.15) is 0 Å². The highest BCUT2D eigenvalue weighted by Gasteiger charge is 2.10. The maximum atomic E-state index is 12.2. The Bertz CT molecular complexity index is 659. The maximum absolute atomic E-state index is 12.2. The number of hydrogen-bond donors (Lipinski definition) is 0. The van der Waals surface area contributed by atoms with Crippen molar-refractivity contribution in [1.82, 2.24) is 14.5 Å². The molecule has 1 amide bonds. The predicted molar refractivity (Wildman–Crippen MR) is 69.4 cm³/mol. The van der Waals surface area contributed by atoms with Crippen molar-refractivity contribution >= 4 is 16.8 Å². The molecule has 1 heterocycles. The van der Waals surface area contributed by atoms with Crippen LogP contribution in [0.25, 0.3) is 10.9 Å². The van der Waals surface area contributed by atoms with Gasteiger partial charge >= 0.3 is 0 Å². The Morgan fingerprint density at radius 1 is 1.39 bits per heavy atom. The highest BCUT2D eigenvalue weighted by molar-refractivity contribution is 5.81. The van der Waals surface area contributed by atoms with Crippen molar-refractivity contribution in [3.8, 4) is 0 Å². The second-order valence-electron chi connectivity index (χ2n) is 4.44. The van der Waals surface area contributed by atoms with Crippen LogP contribution in [-0.4, -0.2) is 34.5 Å². The molecule has 1 aromatic heterocycles. The minimum atomic E-state index is -0.182. The second-order valence-corrected chi connectivity index (χ2v) is 4.44. The van der Waals surface area contributed by atoms with Gasteiger partial charge in [-0.3, -0.25) is 14.2 Å².